The van der Waals surface area contributed by atoms with Gasteiger partial charge in [-0.2, -0.15) is 0 Å². The van der Waals surface area contributed by atoms with Gasteiger partial charge in [0, 0.05) is 20.3 Å². The van der Waals surface area contributed by atoms with Gasteiger partial charge in [-0.15, -0.1) is 0 Å². The van der Waals surface area contributed by atoms with E-state index in [9.17, 15) is 0 Å². The fraction of sp³-hybridized carbons (Fsp3) is 1.00. The Morgan fingerprint density at radius 3 is 1.95 bits per heavy atom. The van der Waals surface area contributed by atoms with Crippen molar-refractivity contribution < 1.29 is 4.74 Å². The van der Waals surface area contributed by atoms with Gasteiger partial charge in [-0.25, -0.2) is 0 Å². The molecule has 0 aromatic rings. The second-order valence-electron chi connectivity index (χ2n) is 7.10. The van der Waals surface area contributed by atoms with Crippen LogP contribution in [-0.4, -0.2) is 26.8 Å². The summed E-state index contributed by atoms with van der Waals surface area (Å²) in [6.07, 6.45) is 18.3. The lowest BCUT2D eigenvalue weighted by molar-refractivity contribution is 0.171. The Kier molecular flexibility index (Phi) is 11.3. The van der Waals surface area contributed by atoms with Gasteiger partial charge in [0.25, 0.3) is 0 Å². The van der Waals surface area contributed by atoms with Gasteiger partial charge in [0.05, 0.1) is 0 Å². The smallest absolute Gasteiger partial charge is 0.0468 e. The van der Waals surface area contributed by atoms with Crippen LogP contribution in [0.1, 0.15) is 90.4 Å². The molecule has 0 atom stereocenters. The van der Waals surface area contributed by atoms with Gasteiger partial charge in [-0.05, 0) is 37.6 Å². The third-order valence-electron chi connectivity index (χ3n) is 5.00. The summed E-state index contributed by atoms with van der Waals surface area (Å²) in [7, 11) is 1.81. The first-order valence-electron chi connectivity index (χ1n) is 9.53. The number of ether oxygens (including phenoxy) is 1. The second kappa shape index (κ2) is 12.5. The molecule has 1 N–H and O–H groups in total. The summed E-state index contributed by atoms with van der Waals surface area (Å²) in [5, 5.41) is 3.67. The van der Waals surface area contributed by atoms with E-state index in [1.54, 1.807) is 0 Å². The molecule has 0 bridgehead atoms. The van der Waals surface area contributed by atoms with Crippen LogP contribution in [0.25, 0.3) is 0 Å². The monoisotopic (exact) mass is 297 g/mol. The first-order valence-corrected chi connectivity index (χ1v) is 9.53. The van der Waals surface area contributed by atoms with Crippen LogP contribution in [-0.2, 0) is 4.74 Å². The lowest BCUT2D eigenvalue weighted by Gasteiger charge is -2.15. The van der Waals surface area contributed by atoms with Crippen molar-refractivity contribution in [1.29, 1.82) is 0 Å². The predicted octanol–water partition coefficient (Wildman–Crippen LogP) is 5.31. The van der Waals surface area contributed by atoms with Gasteiger partial charge in [0.2, 0.25) is 0 Å². The maximum absolute atomic E-state index is 5.20. The maximum Gasteiger partial charge on any atom is 0.0468 e. The van der Waals surface area contributed by atoms with Gasteiger partial charge >= 0.3 is 0 Å². The average molecular weight is 298 g/mol. The van der Waals surface area contributed by atoms with E-state index in [4.69, 9.17) is 4.74 Å². The molecule has 0 aromatic heterocycles. The van der Waals surface area contributed by atoms with Crippen molar-refractivity contribution in [1.82, 2.24) is 5.32 Å². The van der Waals surface area contributed by atoms with Crippen molar-refractivity contribution >= 4 is 0 Å². The SMILES string of the molecule is CCCCCCCCCCCCNCC1(CCOC)CC1. The average Bonchev–Trinajstić information content (AvgIpc) is 3.27. The Hall–Kier alpha value is -0.0800. The summed E-state index contributed by atoms with van der Waals surface area (Å²) in [6.45, 7) is 5.65. The van der Waals surface area contributed by atoms with E-state index in [1.165, 1.54) is 96.6 Å². The van der Waals surface area contributed by atoms with Gasteiger partial charge in [0.15, 0.2) is 0 Å². The molecule has 0 saturated heterocycles. The summed E-state index contributed by atoms with van der Waals surface area (Å²) >= 11 is 0. The number of hydrogen-bond donors (Lipinski definition) is 1. The van der Waals surface area contributed by atoms with Gasteiger partial charge < -0.3 is 10.1 Å². The molecule has 0 unspecified atom stereocenters. The quantitative estimate of drug-likeness (QED) is 0.390. The first-order chi connectivity index (χ1) is 10.3. The molecule has 1 saturated carbocycles. The Balaban J connectivity index is 1.75. The number of unbranched alkanes of at least 4 members (excludes halogenated alkanes) is 9. The van der Waals surface area contributed by atoms with E-state index in [0.29, 0.717) is 5.41 Å². The summed E-state index contributed by atoms with van der Waals surface area (Å²) in [6, 6.07) is 0. The Morgan fingerprint density at radius 2 is 1.43 bits per heavy atom. The van der Waals surface area contributed by atoms with Crippen molar-refractivity contribution in [2.75, 3.05) is 26.8 Å². The van der Waals surface area contributed by atoms with Crippen LogP contribution in [0.2, 0.25) is 0 Å². The van der Waals surface area contributed by atoms with Crippen molar-refractivity contribution in [3.63, 3.8) is 0 Å². The Labute approximate surface area is 133 Å². The highest BCUT2D eigenvalue weighted by Crippen LogP contribution is 2.48. The van der Waals surface area contributed by atoms with Crippen LogP contribution in [0.4, 0.5) is 0 Å². The normalized spacial score (nSPS) is 16.3. The van der Waals surface area contributed by atoms with E-state index in [2.05, 4.69) is 12.2 Å². The third kappa shape index (κ3) is 10.3. The van der Waals surface area contributed by atoms with E-state index < -0.39 is 0 Å². The van der Waals surface area contributed by atoms with Gasteiger partial charge in [-0.3, -0.25) is 0 Å². The fourth-order valence-electron chi connectivity index (χ4n) is 3.10. The van der Waals surface area contributed by atoms with Crippen LogP contribution < -0.4 is 5.32 Å². The molecule has 126 valence electrons. The Morgan fingerprint density at radius 1 is 0.857 bits per heavy atom. The van der Waals surface area contributed by atoms with Crippen molar-refractivity contribution in [2.24, 2.45) is 5.41 Å². The van der Waals surface area contributed by atoms with Gasteiger partial charge in [0.1, 0.15) is 0 Å². The van der Waals surface area contributed by atoms with Crippen molar-refractivity contribution in [3.05, 3.63) is 0 Å². The van der Waals surface area contributed by atoms with Crippen LogP contribution in [0.3, 0.4) is 0 Å². The zero-order valence-corrected chi connectivity index (χ0v) is 14.7. The summed E-state index contributed by atoms with van der Waals surface area (Å²) in [5.74, 6) is 0. The minimum absolute atomic E-state index is 0.606. The largest absolute Gasteiger partial charge is 0.385 e. The molecule has 1 fully saturated rings. The van der Waals surface area contributed by atoms with Crippen LogP contribution in [0.15, 0.2) is 0 Å². The van der Waals surface area contributed by atoms with Crippen molar-refractivity contribution in [3.8, 4) is 0 Å². The number of nitrogens with one attached hydrogen (secondary N) is 1. The van der Waals surface area contributed by atoms with Crippen LogP contribution >= 0.6 is 0 Å². The maximum atomic E-state index is 5.20. The highest BCUT2D eigenvalue weighted by Gasteiger charge is 2.41. The molecule has 1 aliphatic rings. The molecule has 0 amide bonds. The van der Waals surface area contributed by atoms with E-state index in [0.717, 1.165) is 6.61 Å². The molecular weight excluding hydrogens is 258 g/mol. The minimum Gasteiger partial charge on any atom is -0.385 e. The fourth-order valence-corrected chi connectivity index (χ4v) is 3.10. The molecular formula is C19H39NO. The highest BCUT2D eigenvalue weighted by atomic mass is 16.5. The highest BCUT2D eigenvalue weighted by molar-refractivity contribution is 4.94. The van der Waals surface area contributed by atoms with E-state index >= 15 is 0 Å². The molecule has 0 heterocycles. The predicted molar refractivity (Wildman–Crippen MR) is 92.9 cm³/mol. The molecule has 0 radical (unpaired) electrons. The molecule has 2 nitrogen and oxygen atoms in total. The van der Waals surface area contributed by atoms with Crippen LogP contribution in [0, 0.1) is 5.41 Å². The number of hydrogen-bond acceptors (Lipinski definition) is 2. The molecule has 0 spiro atoms. The summed E-state index contributed by atoms with van der Waals surface area (Å²) in [4.78, 5) is 0. The summed E-state index contributed by atoms with van der Waals surface area (Å²) in [5.41, 5.74) is 0.606. The second-order valence-corrected chi connectivity index (χ2v) is 7.10. The van der Waals surface area contributed by atoms with Crippen molar-refractivity contribution in [2.45, 2.75) is 90.4 Å². The zero-order valence-electron chi connectivity index (χ0n) is 14.7. The minimum atomic E-state index is 0.606. The molecule has 0 aliphatic heterocycles. The molecule has 1 rings (SSSR count). The molecule has 21 heavy (non-hydrogen) atoms. The lowest BCUT2D eigenvalue weighted by atomic mass is 10.0. The van der Waals surface area contributed by atoms with Crippen LogP contribution in [0.5, 0.6) is 0 Å². The topological polar surface area (TPSA) is 21.3 Å². The Bertz CT molecular complexity index is 226. The molecule has 1 aliphatic carbocycles. The first kappa shape index (κ1) is 19.0. The van der Waals surface area contributed by atoms with E-state index in [1.807, 2.05) is 7.11 Å². The third-order valence-corrected chi connectivity index (χ3v) is 5.00. The molecule has 0 aromatic carbocycles. The number of methoxy groups -OCH3 is 1. The van der Waals surface area contributed by atoms with Gasteiger partial charge in [-0.1, -0.05) is 64.7 Å². The summed E-state index contributed by atoms with van der Waals surface area (Å²) < 4.78 is 5.20. The zero-order chi connectivity index (χ0) is 15.2. The standard InChI is InChI=1S/C19H39NO/c1-3-4-5-6-7-8-9-10-11-12-16-20-18-19(13-14-19)15-17-21-2/h20H,3-18H2,1-2H3. The molecule has 2 heteroatoms. The number of rotatable bonds is 16. The van der Waals surface area contributed by atoms with E-state index in [-0.39, 0.29) is 0 Å². The lowest BCUT2D eigenvalue weighted by Crippen LogP contribution is -2.25.